The molecule has 2 aromatic heterocycles. The highest BCUT2D eigenvalue weighted by Crippen LogP contribution is 2.12. The number of rotatable bonds is 17. The Morgan fingerprint density at radius 1 is 0.560 bits per heavy atom. The molecule has 4 aromatic carbocycles. The summed E-state index contributed by atoms with van der Waals surface area (Å²) in [6.07, 6.45) is 4.40. The molecule has 0 atom stereocenters. The van der Waals surface area contributed by atoms with Crippen molar-refractivity contribution in [3.05, 3.63) is 161 Å². The van der Waals surface area contributed by atoms with Gasteiger partial charge in [0.2, 0.25) is 0 Å². The van der Waals surface area contributed by atoms with Crippen molar-refractivity contribution < 1.29 is 0 Å². The highest BCUT2D eigenvalue weighted by atomic mass is 16.2. The van der Waals surface area contributed by atoms with Gasteiger partial charge in [0.15, 0.2) is 0 Å². The Kier molecular flexibility index (Phi) is 11.7. The number of para-hydroxylation sites is 2. The Labute approximate surface area is 290 Å². The summed E-state index contributed by atoms with van der Waals surface area (Å²) in [5.41, 5.74) is 3.62. The van der Waals surface area contributed by atoms with Crippen LogP contribution in [0.5, 0.6) is 0 Å². The largest absolute Gasteiger partial charge is 0.328 e. The second-order valence-corrected chi connectivity index (χ2v) is 12.8. The van der Waals surface area contributed by atoms with E-state index >= 15 is 0 Å². The van der Waals surface area contributed by atoms with E-state index in [2.05, 4.69) is 68.7 Å². The van der Waals surface area contributed by atoms with Gasteiger partial charge in [-0.25, -0.2) is 9.59 Å². The Morgan fingerprint density at radius 3 is 1.80 bits per heavy atom. The number of aryl methyl sites for hydroxylation is 1. The summed E-state index contributed by atoms with van der Waals surface area (Å²) < 4.78 is 2.59. The molecule has 10 nitrogen and oxygen atoms in total. The van der Waals surface area contributed by atoms with Crippen LogP contribution in [0.15, 0.2) is 122 Å². The number of nitrogens with one attached hydrogen (secondary N) is 3. The number of hydrogen-bond acceptors (Lipinski definition) is 6. The molecular formula is C40H44N6O4. The van der Waals surface area contributed by atoms with E-state index in [0.29, 0.717) is 60.8 Å². The van der Waals surface area contributed by atoms with Crippen LogP contribution in [0, 0.1) is 0 Å². The molecule has 0 aliphatic rings. The number of H-pyrrole nitrogens is 2. The number of benzene rings is 4. The van der Waals surface area contributed by atoms with Gasteiger partial charge >= 0.3 is 11.4 Å². The second kappa shape index (κ2) is 16.9. The van der Waals surface area contributed by atoms with Gasteiger partial charge < -0.3 is 15.3 Å². The fourth-order valence-electron chi connectivity index (χ4n) is 6.52. The molecule has 6 aromatic rings. The van der Waals surface area contributed by atoms with Crippen LogP contribution in [0.25, 0.3) is 21.8 Å². The molecule has 0 amide bonds. The fourth-order valence-corrected chi connectivity index (χ4v) is 6.52. The van der Waals surface area contributed by atoms with Gasteiger partial charge in [0, 0.05) is 32.7 Å². The van der Waals surface area contributed by atoms with Crippen molar-refractivity contribution in [2.45, 2.75) is 58.3 Å². The standard InChI is InChI=1S/C40H44N6O4/c47-37-33-18-4-6-20-35(33)42-39(49)45(37)25-11-22-41-28-32-17-10-16-30(27-32)13-8-9-23-44(29-31-14-2-1-3-15-31)24-12-26-46-38(48)34-19-5-7-21-36(34)43-40(46)50/h1-7,10,14-21,27,41H,8-9,11-13,22-26,28-29H2,(H,42,49)(H,43,50). The summed E-state index contributed by atoms with van der Waals surface area (Å²) in [5.74, 6) is 0. The molecule has 2 heterocycles. The van der Waals surface area contributed by atoms with Crippen LogP contribution in [-0.4, -0.2) is 43.6 Å². The van der Waals surface area contributed by atoms with E-state index in [9.17, 15) is 19.2 Å². The number of aromatic amines is 2. The minimum Gasteiger partial charge on any atom is -0.313 e. The third-order valence-corrected chi connectivity index (χ3v) is 9.13. The van der Waals surface area contributed by atoms with E-state index in [-0.39, 0.29) is 22.5 Å². The van der Waals surface area contributed by atoms with Crippen LogP contribution >= 0.6 is 0 Å². The molecule has 0 aliphatic heterocycles. The van der Waals surface area contributed by atoms with Crippen LogP contribution in [-0.2, 0) is 32.6 Å². The van der Waals surface area contributed by atoms with E-state index in [0.717, 1.165) is 38.9 Å². The molecule has 258 valence electrons. The van der Waals surface area contributed by atoms with E-state index in [1.165, 1.54) is 25.8 Å². The molecule has 0 spiro atoms. The van der Waals surface area contributed by atoms with Gasteiger partial charge in [0.05, 0.1) is 21.8 Å². The van der Waals surface area contributed by atoms with Gasteiger partial charge in [-0.1, -0.05) is 78.9 Å². The van der Waals surface area contributed by atoms with Gasteiger partial charge in [-0.05, 0) is 86.1 Å². The first-order chi connectivity index (χ1) is 24.5. The molecule has 0 radical (unpaired) electrons. The van der Waals surface area contributed by atoms with Crippen LogP contribution in [0.3, 0.4) is 0 Å². The molecular weight excluding hydrogens is 628 g/mol. The zero-order valence-electron chi connectivity index (χ0n) is 28.3. The van der Waals surface area contributed by atoms with Crippen molar-refractivity contribution >= 4 is 21.8 Å². The zero-order valence-corrected chi connectivity index (χ0v) is 28.3. The summed E-state index contributed by atoms with van der Waals surface area (Å²) >= 11 is 0. The Hall–Kier alpha value is -5.32. The van der Waals surface area contributed by atoms with Crippen molar-refractivity contribution in [3.63, 3.8) is 0 Å². The lowest BCUT2D eigenvalue weighted by atomic mass is 10.0. The summed E-state index contributed by atoms with van der Waals surface area (Å²) in [6, 6.07) is 33.2. The lowest BCUT2D eigenvalue weighted by molar-refractivity contribution is 0.251. The summed E-state index contributed by atoms with van der Waals surface area (Å²) in [6.45, 7) is 4.63. The van der Waals surface area contributed by atoms with Crippen molar-refractivity contribution in [1.29, 1.82) is 0 Å². The average Bonchev–Trinajstić information content (AvgIpc) is 3.13. The third kappa shape index (κ3) is 8.82. The maximum Gasteiger partial charge on any atom is 0.328 e. The Morgan fingerprint density at radius 2 is 1.12 bits per heavy atom. The summed E-state index contributed by atoms with van der Waals surface area (Å²) in [7, 11) is 0. The molecule has 0 bridgehead atoms. The molecule has 0 saturated carbocycles. The number of aromatic nitrogens is 4. The van der Waals surface area contributed by atoms with Gasteiger partial charge in [0.1, 0.15) is 0 Å². The van der Waals surface area contributed by atoms with Crippen LogP contribution in [0.4, 0.5) is 0 Å². The number of unbranched alkanes of at least 4 members (excludes halogenated alkanes) is 1. The lowest BCUT2D eigenvalue weighted by Crippen LogP contribution is -2.36. The van der Waals surface area contributed by atoms with Gasteiger partial charge in [-0.15, -0.1) is 0 Å². The van der Waals surface area contributed by atoms with Crippen molar-refractivity contribution in [2.24, 2.45) is 0 Å². The van der Waals surface area contributed by atoms with E-state index in [4.69, 9.17) is 0 Å². The molecule has 10 heteroatoms. The first kappa shape index (κ1) is 34.5. The Balaban J connectivity index is 0.964. The van der Waals surface area contributed by atoms with Crippen molar-refractivity contribution in [2.75, 3.05) is 19.6 Å². The number of nitrogens with zero attached hydrogens (tertiary/aromatic N) is 3. The second-order valence-electron chi connectivity index (χ2n) is 12.8. The number of fused-ring (bicyclic) bond motifs is 2. The van der Waals surface area contributed by atoms with Crippen molar-refractivity contribution in [3.8, 4) is 0 Å². The molecule has 6 rings (SSSR count). The van der Waals surface area contributed by atoms with Crippen LogP contribution in [0.2, 0.25) is 0 Å². The first-order valence-corrected chi connectivity index (χ1v) is 17.4. The maximum absolute atomic E-state index is 13.0. The predicted molar refractivity (Wildman–Crippen MR) is 200 cm³/mol. The van der Waals surface area contributed by atoms with Crippen LogP contribution < -0.4 is 27.8 Å². The smallest absolute Gasteiger partial charge is 0.313 e. The zero-order chi connectivity index (χ0) is 34.7. The molecule has 50 heavy (non-hydrogen) atoms. The average molecular weight is 673 g/mol. The SMILES string of the molecule is O=c1[nH]c2ccccc2c(=O)n1CCCNCc1cccc(CCCCN(CCCn2c(=O)[nH]c3ccccc3c2=O)Cc2ccccc2)c1. The summed E-state index contributed by atoms with van der Waals surface area (Å²) in [4.78, 5) is 58.9. The first-order valence-electron chi connectivity index (χ1n) is 17.4. The fraction of sp³-hybridized carbons (Fsp3) is 0.300. The van der Waals surface area contributed by atoms with E-state index < -0.39 is 0 Å². The van der Waals surface area contributed by atoms with E-state index in [1.54, 1.807) is 36.4 Å². The highest BCUT2D eigenvalue weighted by molar-refractivity contribution is 5.77. The Bertz CT molecular complexity index is 2270. The predicted octanol–water partition coefficient (Wildman–Crippen LogP) is 4.79. The normalized spacial score (nSPS) is 11.5. The minimum atomic E-state index is -0.376. The van der Waals surface area contributed by atoms with Gasteiger partial charge in [0.25, 0.3) is 11.1 Å². The quantitative estimate of drug-likeness (QED) is 0.120. The monoisotopic (exact) mass is 672 g/mol. The number of hydrogen-bond donors (Lipinski definition) is 3. The lowest BCUT2D eigenvalue weighted by Gasteiger charge is -2.22. The molecule has 0 fully saturated rings. The summed E-state index contributed by atoms with van der Waals surface area (Å²) in [5, 5.41) is 4.50. The van der Waals surface area contributed by atoms with Crippen molar-refractivity contribution in [1.82, 2.24) is 29.3 Å². The topological polar surface area (TPSA) is 125 Å². The molecule has 0 unspecified atom stereocenters. The highest BCUT2D eigenvalue weighted by Gasteiger charge is 2.11. The minimum absolute atomic E-state index is 0.245. The molecule has 0 saturated heterocycles. The third-order valence-electron chi connectivity index (χ3n) is 9.13. The molecule has 0 aliphatic carbocycles. The van der Waals surface area contributed by atoms with Gasteiger partial charge in [-0.2, -0.15) is 0 Å². The maximum atomic E-state index is 13.0. The van der Waals surface area contributed by atoms with Crippen LogP contribution in [0.1, 0.15) is 42.4 Å². The van der Waals surface area contributed by atoms with E-state index in [1.807, 2.05) is 18.2 Å². The van der Waals surface area contributed by atoms with Gasteiger partial charge in [-0.3, -0.25) is 23.6 Å². The molecule has 3 N–H and O–H groups in total.